The molecule has 27 heavy (non-hydrogen) atoms. The third-order valence-electron chi connectivity index (χ3n) is 5.38. The topological polar surface area (TPSA) is 44.5 Å². The summed E-state index contributed by atoms with van der Waals surface area (Å²) in [6.45, 7) is 5.09. The van der Waals surface area contributed by atoms with Gasteiger partial charge in [-0.1, -0.05) is 13.0 Å². The number of pyridine rings is 1. The first-order valence-corrected chi connectivity index (χ1v) is 9.37. The summed E-state index contributed by atoms with van der Waals surface area (Å²) in [6.07, 6.45) is 4.84. The van der Waals surface area contributed by atoms with E-state index in [2.05, 4.69) is 47.6 Å². The zero-order valence-corrected chi connectivity index (χ0v) is 16.6. The van der Waals surface area contributed by atoms with Gasteiger partial charge in [-0.3, -0.25) is 4.98 Å². The number of hydrogen-bond donors (Lipinski definition) is 1. The Hall–Kier alpha value is -2.79. The van der Waals surface area contributed by atoms with Gasteiger partial charge in [0.1, 0.15) is 5.75 Å². The van der Waals surface area contributed by atoms with E-state index in [1.807, 2.05) is 43.6 Å². The van der Waals surface area contributed by atoms with Gasteiger partial charge >= 0.3 is 0 Å². The van der Waals surface area contributed by atoms with Gasteiger partial charge in [-0.25, -0.2) is 5.01 Å². The fourth-order valence-corrected chi connectivity index (χ4v) is 4.21. The van der Waals surface area contributed by atoms with Gasteiger partial charge in [-0.2, -0.15) is 0 Å². The van der Waals surface area contributed by atoms with Crippen molar-refractivity contribution < 1.29 is 5.11 Å². The van der Waals surface area contributed by atoms with Crippen molar-refractivity contribution in [3.8, 4) is 5.75 Å². The molecule has 0 aliphatic heterocycles. The smallest absolute Gasteiger partial charge is 0.148 e. The molecule has 0 saturated carbocycles. The van der Waals surface area contributed by atoms with Gasteiger partial charge < -0.3 is 14.7 Å². The molecule has 140 valence electrons. The molecule has 4 aromatic rings. The average molecular weight is 362 g/mol. The molecule has 5 nitrogen and oxygen atoms in total. The lowest BCUT2D eigenvalue weighted by molar-refractivity contribution is 0.361. The van der Waals surface area contributed by atoms with Gasteiger partial charge in [-0.05, 0) is 37.1 Å². The first-order chi connectivity index (χ1) is 13.0. The lowest BCUT2D eigenvalue weighted by Crippen LogP contribution is -2.37. The zero-order valence-electron chi connectivity index (χ0n) is 16.6. The molecular formula is C22H26N4O. The van der Waals surface area contributed by atoms with Crippen LogP contribution in [0.15, 0.2) is 36.7 Å². The zero-order chi connectivity index (χ0) is 19.3. The highest BCUT2D eigenvalue weighted by molar-refractivity contribution is 6.19. The van der Waals surface area contributed by atoms with Crippen LogP contribution >= 0.6 is 0 Å². The van der Waals surface area contributed by atoms with Crippen LogP contribution in [-0.2, 0) is 7.05 Å². The van der Waals surface area contributed by atoms with E-state index in [0.717, 1.165) is 45.9 Å². The number of benzene rings is 2. The van der Waals surface area contributed by atoms with Crippen LogP contribution < -0.4 is 5.01 Å². The van der Waals surface area contributed by atoms with E-state index >= 15 is 0 Å². The van der Waals surface area contributed by atoms with Gasteiger partial charge in [-0.15, -0.1) is 0 Å². The van der Waals surface area contributed by atoms with Crippen LogP contribution in [0.1, 0.15) is 18.9 Å². The average Bonchev–Trinajstić information content (AvgIpc) is 2.94. The lowest BCUT2D eigenvalue weighted by atomic mass is 10.0. The molecule has 0 bridgehead atoms. The van der Waals surface area contributed by atoms with Crippen molar-refractivity contribution in [2.24, 2.45) is 7.05 Å². The Morgan fingerprint density at radius 3 is 2.33 bits per heavy atom. The molecule has 2 aromatic carbocycles. The van der Waals surface area contributed by atoms with Crippen LogP contribution in [0.25, 0.3) is 32.6 Å². The highest BCUT2D eigenvalue weighted by atomic mass is 16.3. The number of phenols is 1. The minimum atomic E-state index is 0.330. The van der Waals surface area contributed by atoms with E-state index in [4.69, 9.17) is 0 Å². The molecule has 2 heterocycles. The fourth-order valence-electron chi connectivity index (χ4n) is 4.21. The van der Waals surface area contributed by atoms with Gasteiger partial charge in [0.05, 0.1) is 16.7 Å². The fraction of sp³-hybridized carbons (Fsp3) is 0.318. The van der Waals surface area contributed by atoms with Crippen LogP contribution in [0, 0.1) is 6.92 Å². The summed E-state index contributed by atoms with van der Waals surface area (Å²) in [6, 6.07) is 8.28. The number of phenolic OH excluding ortho intramolecular Hbond substituents is 1. The first-order valence-electron chi connectivity index (χ1n) is 9.37. The van der Waals surface area contributed by atoms with Gasteiger partial charge in [0, 0.05) is 61.6 Å². The monoisotopic (exact) mass is 362 g/mol. The maximum Gasteiger partial charge on any atom is 0.148 e. The minimum absolute atomic E-state index is 0.330. The number of aryl methyl sites for hydroxylation is 2. The maximum atomic E-state index is 11.1. The Morgan fingerprint density at radius 1 is 0.963 bits per heavy atom. The van der Waals surface area contributed by atoms with Crippen molar-refractivity contribution in [2.75, 3.05) is 25.6 Å². The van der Waals surface area contributed by atoms with Crippen LogP contribution in [0.5, 0.6) is 5.75 Å². The molecule has 4 rings (SSSR count). The van der Waals surface area contributed by atoms with E-state index in [9.17, 15) is 5.11 Å². The molecule has 0 amide bonds. The Bertz CT molecular complexity index is 1160. The molecule has 0 aliphatic carbocycles. The number of anilines is 1. The van der Waals surface area contributed by atoms with Crippen molar-refractivity contribution >= 4 is 38.3 Å². The van der Waals surface area contributed by atoms with Crippen LogP contribution in [0.2, 0.25) is 0 Å². The van der Waals surface area contributed by atoms with Crippen LogP contribution in [0.4, 0.5) is 5.69 Å². The molecule has 0 atom stereocenters. The minimum Gasteiger partial charge on any atom is -0.505 e. The third kappa shape index (κ3) is 2.53. The van der Waals surface area contributed by atoms with E-state index < -0.39 is 0 Å². The number of nitrogens with zero attached hydrogens (tertiary/aromatic N) is 4. The molecule has 0 saturated heterocycles. The third-order valence-corrected chi connectivity index (χ3v) is 5.38. The predicted molar refractivity (Wildman–Crippen MR) is 113 cm³/mol. The molecule has 0 unspecified atom stereocenters. The van der Waals surface area contributed by atoms with E-state index in [-0.39, 0.29) is 0 Å². The second kappa shape index (κ2) is 6.43. The second-order valence-electron chi connectivity index (χ2n) is 7.37. The predicted octanol–water partition coefficient (Wildman–Crippen LogP) is 4.59. The molecular weight excluding hydrogens is 336 g/mol. The number of hydrogen-bond acceptors (Lipinski definition) is 4. The molecule has 5 heteroatoms. The first kappa shape index (κ1) is 17.6. The number of hydrazine groups is 1. The molecule has 0 fully saturated rings. The molecule has 0 radical (unpaired) electrons. The highest BCUT2D eigenvalue weighted by Crippen LogP contribution is 2.41. The molecule has 0 spiro atoms. The number of aromatic nitrogens is 2. The summed E-state index contributed by atoms with van der Waals surface area (Å²) in [5.74, 6) is 0.330. The normalized spacial score (nSPS) is 11.9. The number of fused-ring (bicyclic) bond motifs is 5. The van der Waals surface area contributed by atoms with Gasteiger partial charge in [0.15, 0.2) is 0 Å². The van der Waals surface area contributed by atoms with Crippen molar-refractivity contribution in [1.82, 2.24) is 14.6 Å². The second-order valence-corrected chi connectivity index (χ2v) is 7.37. The number of rotatable bonds is 4. The van der Waals surface area contributed by atoms with Crippen LogP contribution in [0.3, 0.4) is 0 Å². The van der Waals surface area contributed by atoms with Crippen molar-refractivity contribution in [2.45, 2.75) is 20.3 Å². The Labute approximate surface area is 159 Å². The van der Waals surface area contributed by atoms with E-state index in [0.29, 0.717) is 5.75 Å². The molecule has 0 aliphatic rings. The Balaban J connectivity index is 2.06. The quantitative estimate of drug-likeness (QED) is 0.540. The number of aromatic hydroxyl groups is 1. The maximum absolute atomic E-state index is 11.1. The molecule has 2 aromatic heterocycles. The van der Waals surface area contributed by atoms with Gasteiger partial charge in [0.2, 0.25) is 0 Å². The summed E-state index contributed by atoms with van der Waals surface area (Å²) >= 11 is 0. The summed E-state index contributed by atoms with van der Waals surface area (Å²) in [5, 5.41) is 19.5. The van der Waals surface area contributed by atoms with Crippen molar-refractivity contribution in [1.29, 1.82) is 0 Å². The Morgan fingerprint density at radius 2 is 1.63 bits per heavy atom. The summed E-state index contributed by atoms with van der Waals surface area (Å²) < 4.78 is 2.22. The van der Waals surface area contributed by atoms with Crippen molar-refractivity contribution in [3.05, 3.63) is 42.2 Å². The lowest BCUT2D eigenvalue weighted by Gasteiger charge is -2.31. The molecule has 1 N–H and O–H groups in total. The largest absolute Gasteiger partial charge is 0.505 e. The van der Waals surface area contributed by atoms with Gasteiger partial charge in [0.25, 0.3) is 0 Å². The summed E-state index contributed by atoms with van der Waals surface area (Å²) in [4.78, 5) is 4.38. The Kier molecular flexibility index (Phi) is 4.19. The summed E-state index contributed by atoms with van der Waals surface area (Å²) in [7, 11) is 6.09. The van der Waals surface area contributed by atoms with E-state index in [1.165, 1.54) is 10.9 Å². The van der Waals surface area contributed by atoms with Crippen molar-refractivity contribution in [3.63, 3.8) is 0 Å². The summed E-state index contributed by atoms with van der Waals surface area (Å²) in [5.41, 5.74) is 4.32. The SMILES string of the molecule is CCCN(c1ccc2c(ccc3c4cncc(C)c4n(C)c23)c1O)N(C)C. The van der Waals surface area contributed by atoms with Crippen LogP contribution in [-0.4, -0.2) is 40.3 Å². The van der Waals surface area contributed by atoms with E-state index in [1.54, 1.807) is 0 Å². The highest BCUT2D eigenvalue weighted by Gasteiger charge is 2.18. The standard InChI is InChI=1S/C22H26N4O/c1-6-11-26(24(3)4)19-10-9-15-17(22(19)27)8-7-16-18-13-23-12-14(2)20(18)25(5)21(15)16/h7-10,12-13,27H,6,11H2,1-5H3.